The van der Waals surface area contributed by atoms with Crippen LogP contribution in [-0.4, -0.2) is 41.8 Å². The summed E-state index contributed by atoms with van der Waals surface area (Å²) in [6.07, 6.45) is 0.973. The van der Waals surface area contributed by atoms with Crippen molar-refractivity contribution in [1.82, 2.24) is 4.90 Å². The monoisotopic (exact) mass is 411 g/mol. The Labute approximate surface area is 175 Å². The number of aryl methyl sites for hydroxylation is 1. The normalized spacial score (nSPS) is 15.5. The lowest BCUT2D eigenvalue weighted by molar-refractivity contribution is -0.152. The van der Waals surface area contributed by atoms with E-state index in [1.165, 1.54) is 24.3 Å². The summed E-state index contributed by atoms with van der Waals surface area (Å²) >= 11 is 0. The van der Waals surface area contributed by atoms with Crippen LogP contribution in [0.2, 0.25) is 0 Å². The molecule has 1 aliphatic heterocycles. The number of ketones is 1. The predicted molar refractivity (Wildman–Crippen MR) is 111 cm³/mol. The molecule has 0 aliphatic carbocycles. The number of amides is 1. The molecule has 1 atom stereocenters. The van der Waals surface area contributed by atoms with Gasteiger partial charge in [0.1, 0.15) is 5.82 Å². The van der Waals surface area contributed by atoms with Crippen molar-refractivity contribution in [2.75, 3.05) is 13.1 Å². The Hall–Kier alpha value is -3.02. The maximum Gasteiger partial charge on any atom is 0.309 e. The smallest absolute Gasteiger partial charge is 0.309 e. The van der Waals surface area contributed by atoms with E-state index < -0.39 is 17.9 Å². The summed E-state index contributed by atoms with van der Waals surface area (Å²) in [4.78, 5) is 39.2. The second kappa shape index (κ2) is 9.65. The van der Waals surface area contributed by atoms with Crippen LogP contribution in [0.5, 0.6) is 0 Å². The van der Waals surface area contributed by atoms with Crippen molar-refractivity contribution in [3.8, 4) is 0 Å². The van der Waals surface area contributed by atoms with Gasteiger partial charge >= 0.3 is 5.97 Å². The van der Waals surface area contributed by atoms with Gasteiger partial charge < -0.3 is 9.64 Å². The molecule has 0 radical (unpaired) electrons. The van der Waals surface area contributed by atoms with E-state index in [1.54, 1.807) is 24.0 Å². The van der Waals surface area contributed by atoms with Crippen LogP contribution in [0.1, 0.15) is 53.0 Å². The molecule has 5 nitrogen and oxygen atoms in total. The molecule has 0 spiro atoms. The van der Waals surface area contributed by atoms with Crippen molar-refractivity contribution in [3.05, 3.63) is 71.0 Å². The molecule has 0 bridgehead atoms. The standard InChI is InChI=1S/C24H26FNO4/c1-3-17-4-6-18(7-5-17)22(27)16(2)30-24(29)20-12-14-26(15-13-20)23(28)19-8-10-21(25)11-9-19/h4-11,16,20H,3,12-15H2,1-2H3/t16-/m1/s1. The van der Waals surface area contributed by atoms with Gasteiger partial charge in [0.25, 0.3) is 5.91 Å². The number of nitrogens with zero attached hydrogens (tertiary/aromatic N) is 1. The Morgan fingerprint density at radius 1 is 1.00 bits per heavy atom. The van der Waals surface area contributed by atoms with E-state index in [-0.39, 0.29) is 17.6 Å². The van der Waals surface area contributed by atoms with Crippen LogP contribution in [0.4, 0.5) is 4.39 Å². The van der Waals surface area contributed by atoms with Crippen LogP contribution in [-0.2, 0) is 16.0 Å². The number of halogens is 1. The van der Waals surface area contributed by atoms with Crippen LogP contribution in [0, 0.1) is 11.7 Å². The lowest BCUT2D eigenvalue weighted by atomic mass is 9.96. The number of Topliss-reactive ketones (excluding diaryl/α,β-unsaturated/α-hetero) is 1. The second-order valence-corrected chi connectivity index (χ2v) is 7.57. The van der Waals surface area contributed by atoms with E-state index in [9.17, 15) is 18.8 Å². The largest absolute Gasteiger partial charge is 0.454 e. The highest BCUT2D eigenvalue weighted by Crippen LogP contribution is 2.22. The Balaban J connectivity index is 1.51. The first-order valence-corrected chi connectivity index (χ1v) is 10.3. The molecule has 0 unspecified atom stereocenters. The lowest BCUT2D eigenvalue weighted by Gasteiger charge is -2.31. The van der Waals surface area contributed by atoms with Gasteiger partial charge in [-0.2, -0.15) is 0 Å². The maximum absolute atomic E-state index is 13.0. The van der Waals surface area contributed by atoms with Crippen molar-refractivity contribution < 1.29 is 23.5 Å². The molecule has 0 aromatic heterocycles. The van der Waals surface area contributed by atoms with Crippen LogP contribution in [0.3, 0.4) is 0 Å². The van der Waals surface area contributed by atoms with E-state index >= 15 is 0 Å². The fourth-order valence-corrected chi connectivity index (χ4v) is 3.56. The first kappa shape index (κ1) is 21.7. The molecular formula is C24H26FNO4. The Morgan fingerprint density at radius 3 is 2.13 bits per heavy atom. The van der Waals surface area contributed by atoms with E-state index in [1.807, 2.05) is 19.1 Å². The summed E-state index contributed by atoms with van der Waals surface area (Å²) in [5.74, 6) is -1.55. The minimum Gasteiger partial charge on any atom is -0.454 e. The molecule has 3 rings (SSSR count). The average Bonchev–Trinajstić information content (AvgIpc) is 2.78. The van der Waals surface area contributed by atoms with Gasteiger partial charge in [-0.05, 0) is 56.0 Å². The topological polar surface area (TPSA) is 63.7 Å². The quantitative estimate of drug-likeness (QED) is 0.531. The number of ether oxygens (including phenoxy) is 1. The maximum atomic E-state index is 13.0. The minimum absolute atomic E-state index is 0.180. The fraction of sp³-hybridized carbons (Fsp3) is 0.375. The van der Waals surface area contributed by atoms with Gasteiger partial charge in [-0.3, -0.25) is 14.4 Å². The minimum atomic E-state index is -0.858. The average molecular weight is 411 g/mol. The fourth-order valence-electron chi connectivity index (χ4n) is 3.56. The molecule has 2 aromatic rings. The van der Waals surface area contributed by atoms with Crippen molar-refractivity contribution in [2.24, 2.45) is 5.92 Å². The predicted octanol–water partition coefficient (Wildman–Crippen LogP) is 4.05. The summed E-state index contributed by atoms with van der Waals surface area (Å²) in [7, 11) is 0. The van der Waals surface area contributed by atoms with Gasteiger partial charge in [0.2, 0.25) is 5.78 Å². The van der Waals surface area contributed by atoms with Crippen LogP contribution in [0.25, 0.3) is 0 Å². The molecule has 158 valence electrons. The summed E-state index contributed by atoms with van der Waals surface area (Å²) in [5.41, 5.74) is 2.08. The van der Waals surface area contributed by atoms with Gasteiger partial charge in [0.05, 0.1) is 5.92 Å². The van der Waals surface area contributed by atoms with Gasteiger partial charge in [-0.25, -0.2) is 4.39 Å². The summed E-state index contributed by atoms with van der Waals surface area (Å²) < 4.78 is 18.5. The molecule has 1 aliphatic rings. The third-order valence-corrected chi connectivity index (χ3v) is 5.52. The van der Waals surface area contributed by atoms with E-state index in [0.717, 1.165) is 12.0 Å². The Morgan fingerprint density at radius 2 is 1.57 bits per heavy atom. The first-order chi connectivity index (χ1) is 14.4. The zero-order valence-corrected chi connectivity index (χ0v) is 17.3. The number of carbonyl (C=O) groups is 3. The summed E-state index contributed by atoms with van der Waals surface area (Å²) in [6, 6.07) is 12.7. The number of esters is 1. The van der Waals surface area contributed by atoms with Crippen molar-refractivity contribution >= 4 is 17.7 Å². The van der Waals surface area contributed by atoms with Crippen LogP contribution in [0.15, 0.2) is 48.5 Å². The third kappa shape index (κ3) is 5.12. The molecule has 6 heteroatoms. The lowest BCUT2D eigenvalue weighted by Crippen LogP contribution is -2.41. The number of rotatable bonds is 6. The number of piperidine rings is 1. The van der Waals surface area contributed by atoms with Crippen molar-refractivity contribution in [1.29, 1.82) is 0 Å². The highest BCUT2D eigenvalue weighted by Gasteiger charge is 2.31. The van der Waals surface area contributed by atoms with Gasteiger partial charge in [-0.1, -0.05) is 31.2 Å². The molecule has 0 saturated carbocycles. The molecule has 2 aromatic carbocycles. The number of carbonyl (C=O) groups excluding carboxylic acids is 3. The van der Waals surface area contributed by atoms with Gasteiger partial charge in [0, 0.05) is 24.2 Å². The zero-order valence-electron chi connectivity index (χ0n) is 17.3. The number of hydrogen-bond acceptors (Lipinski definition) is 4. The number of likely N-dealkylation sites (tertiary alicyclic amines) is 1. The molecular weight excluding hydrogens is 385 g/mol. The number of hydrogen-bond donors (Lipinski definition) is 0. The van der Waals surface area contributed by atoms with E-state index in [4.69, 9.17) is 4.74 Å². The SMILES string of the molecule is CCc1ccc(C(=O)[C@@H](C)OC(=O)C2CCN(C(=O)c3ccc(F)cc3)CC2)cc1. The molecule has 30 heavy (non-hydrogen) atoms. The molecule has 1 amide bonds. The van der Waals surface area contributed by atoms with Gasteiger partial charge in [0.15, 0.2) is 6.10 Å². The Kier molecular flexibility index (Phi) is 6.98. The molecule has 0 N–H and O–H groups in total. The van der Waals surface area contributed by atoms with Crippen molar-refractivity contribution in [2.45, 2.75) is 39.2 Å². The Bertz CT molecular complexity index is 900. The van der Waals surface area contributed by atoms with Gasteiger partial charge in [-0.15, -0.1) is 0 Å². The number of benzene rings is 2. The highest BCUT2D eigenvalue weighted by molar-refractivity contribution is 6.00. The molecule has 1 saturated heterocycles. The summed E-state index contributed by atoms with van der Waals surface area (Å²) in [6.45, 7) is 4.45. The van der Waals surface area contributed by atoms with E-state index in [0.29, 0.717) is 37.1 Å². The summed E-state index contributed by atoms with van der Waals surface area (Å²) in [5, 5.41) is 0. The molecule has 1 fully saturated rings. The van der Waals surface area contributed by atoms with Crippen molar-refractivity contribution in [3.63, 3.8) is 0 Å². The third-order valence-electron chi connectivity index (χ3n) is 5.52. The zero-order chi connectivity index (χ0) is 21.7. The molecule has 1 heterocycles. The van der Waals surface area contributed by atoms with Crippen LogP contribution >= 0.6 is 0 Å². The second-order valence-electron chi connectivity index (χ2n) is 7.57. The van der Waals surface area contributed by atoms with E-state index in [2.05, 4.69) is 0 Å². The first-order valence-electron chi connectivity index (χ1n) is 10.3. The van der Waals surface area contributed by atoms with Crippen LogP contribution < -0.4 is 0 Å². The highest BCUT2D eigenvalue weighted by atomic mass is 19.1.